The largest absolute Gasteiger partial charge is 0.497 e. The number of hydrogen-bond donors (Lipinski definition) is 0. The second-order valence-electron chi connectivity index (χ2n) is 5.75. The van der Waals surface area contributed by atoms with E-state index in [-0.39, 0.29) is 11.7 Å². The predicted octanol–water partition coefficient (Wildman–Crippen LogP) is 2.27. The van der Waals surface area contributed by atoms with Crippen molar-refractivity contribution in [2.75, 3.05) is 26.0 Å². The van der Waals surface area contributed by atoms with E-state index in [1.807, 2.05) is 24.3 Å². The molecule has 1 aliphatic heterocycles. The molecule has 130 valence electrons. The lowest BCUT2D eigenvalue weighted by molar-refractivity contribution is 0.291. The van der Waals surface area contributed by atoms with Crippen LogP contribution in [0, 0.1) is 0 Å². The number of ether oxygens (including phenoxy) is 1. The highest BCUT2D eigenvalue weighted by Crippen LogP contribution is 2.31. The molecule has 0 saturated carbocycles. The fourth-order valence-corrected chi connectivity index (χ4v) is 3.97. The van der Waals surface area contributed by atoms with E-state index in [0.29, 0.717) is 37.7 Å². The van der Waals surface area contributed by atoms with E-state index in [0.717, 1.165) is 11.3 Å². The van der Waals surface area contributed by atoms with Crippen molar-refractivity contribution in [3.63, 3.8) is 0 Å². The summed E-state index contributed by atoms with van der Waals surface area (Å²) < 4.78 is 36.4. The summed E-state index contributed by atoms with van der Waals surface area (Å²) in [5, 5.41) is 8.27. The topological polar surface area (TPSA) is 85.5 Å². The van der Waals surface area contributed by atoms with Crippen molar-refractivity contribution in [1.29, 1.82) is 0 Å². The van der Waals surface area contributed by atoms with Crippen LogP contribution in [0.1, 0.15) is 31.6 Å². The van der Waals surface area contributed by atoms with Gasteiger partial charge < -0.3 is 9.15 Å². The lowest BCUT2D eigenvalue weighted by Crippen LogP contribution is -2.38. The van der Waals surface area contributed by atoms with Crippen LogP contribution in [0.3, 0.4) is 0 Å². The first kappa shape index (κ1) is 16.9. The maximum Gasteiger partial charge on any atom is 0.247 e. The molecule has 0 spiro atoms. The van der Waals surface area contributed by atoms with Crippen LogP contribution in [-0.4, -0.2) is 48.9 Å². The third-order valence-electron chi connectivity index (χ3n) is 4.32. The zero-order valence-corrected chi connectivity index (χ0v) is 14.6. The Kier molecular flexibility index (Phi) is 4.86. The van der Waals surface area contributed by atoms with E-state index in [1.165, 1.54) is 0 Å². The molecule has 0 radical (unpaired) electrons. The van der Waals surface area contributed by atoms with Gasteiger partial charge in [-0.05, 0) is 38.0 Å². The molecule has 0 atom stereocenters. The molecule has 1 saturated heterocycles. The molecule has 1 fully saturated rings. The van der Waals surface area contributed by atoms with Gasteiger partial charge in [-0.15, -0.1) is 10.2 Å². The van der Waals surface area contributed by atoms with Crippen LogP contribution >= 0.6 is 0 Å². The van der Waals surface area contributed by atoms with Gasteiger partial charge in [0, 0.05) is 24.6 Å². The van der Waals surface area contributed by atoms with Crippen molar-refractivity contribution in [1.82, 2.24) is 14.5 Å². The van der Waals surface area contributed by atoms with Crippen molar-refractivity contribution in [2.45, 2.75) is 25.7 Å². The number of rotatable bonds is 5. The first-order valence-electron chi connectivity index (χ1n) is 7.99. The van der Waals surface area contributed by atoms with Gasteiger partial charge in [-0.3, -0.25) is 0 Å². The highest BCUT2D eigenvalue weighted by Gasteiger charge is 2.30. The molecule has 0 N–H and O–H groups in total. The fourth-order valence-electron chi connectivity index (χ4n) is 2.84. The highest BCUT2D eigenvalue weighted by molar-refractivity contribution is 7.89. The molecule has 2 heterocycles. The van der Waals surface area contributed by atoms with Crippen molar-refractivity contribution >= 4 is 10.0 Å². The van der Waals surface area contributed by atoms with E-state index >= 15 is 0 Å². The van der Waals surface area contributed by atoms with Gasteiger partial charge in [0.15, 0.2) is 0 Å². The lowest BCUT2D eigenvalue weighted by Gasteiger charge is -2.29. The number of nitrogens with zero attached hydrogens (tertiary/aromatic N) is 3. The van der Waals surface area contributed by atoms with Gasteiger partial charge in [-0.1, -0.05) is 6.07 Å². The monoisotopic (exact) mass is 351 g/mol. The molecule has 0 amide bonds. The van der Waals surface area contributed by atoms with E-state index in [9.17, 15) is 8.42 Å². The van der Waals surface area contributed by atoms with Crippen molar-refractivity contribution in [2.24, 2.45) is 0 Å². The molecular weight excluding hydrogens is 330 g/mol. The van der Waals surface area contributed by atoms with Gasteiger partial charge in [0.05, 0.1) is 12.9 Å². The number of aromatic nitrogens is 2. The summed E-state index contributed by atoms with van der Waals surface area (Å²) in [6.07, 6.45) is 1.39. The van der Waals surface area contributed by atoms with E-state index < -0.39 is 10.0 Å². The number of benzene rings is 1. The van der Waals surface area contributed by atoms with Crippen LogP contribution in [0.2, 0.25) is 0 Å². The maximum atomic E-state index is 11.9. The van der Waals surface area contributed by atoms with Crippen LogP contribution < -0.4 is 4.74 Å². The first-order chi connectivity index (χ1) is 11.5. The standard InChI is InChI=1S/C16H21N3O4S/c1-3-24(20,21)19-9-7-12(8-10-19)15-17-18-16(23-15)13-5-4-6-14(11-13)22-2/h4-6,11-12H,3,7-10H2,1-2H3. The van der Waals surface area contributed by atoms with Gasteiger partial charge >= 0.3 is 0 Å². The Morgan fingerprint density at radius 3 is 2.71 bits per heavy atom. The van der Waals surface area contributed by atoms with Crippen molar-refractivity contribution in [3.05, 3.63) is 30.2 Å². The van der Waals surface area contributed by atoms with Gasteiger partial charge in [-0.2, -0.15) is 0 Å². The summed E-state index contributed by atoms with van der Waals surface area (Å²) in [6.45, 7) is 2.66. The molecule has 2 aromatic rings. The molecule has 1 aromatic heterocycles. The van der Waals surface area contributed by atoms with Crippen molar-refractivity contribution < 1.29 is 17.6 Å². The molecule has 0 aliphatic carbocycles. The molecule has 8 heteroatoms. The normalized spacial score (nSPS) is 17.1. The van der Waals surface area contributed by atoms with Crippen LogP contribution in [0.4, 0.5) is 0 Å². The Morgan fingerprint density at radius 1 is 1.29 bits per heavy atom. The molecule has 0 bridgehead atoms. The lowest BCUT2D eigenvalue weighted by atomic mass is 9.98. The Morgan fingerprint density at radius 2 is 2.04 bits per heavy atom. The summed E-state index contributed by atoms with van der Waals surface area (Å²) in [5.74, 6) is 1.98. The minimum Gasteiger partial charge on any atom is -0.497 e. The molecule has 1 aliphatic rings. The third-order valence-corrected chi connectivity index (χ3v) is 6.20. The Labute approximate surface area is 141 Å². The van der Waals surface area contributed by atoms with Crippen molar-refractivity contribution in [3.8, 4) is 17.2 Å². The SMILES string of the molecule is CCS(=O)(=O)N1CCC(c2nnc(-c3cccc(OC)c3)o2)CC1. The second-order valence-corrected chi connectivity index (χ2v) is 8.01. The number of sulfonamides is 1. The van der Waals surface area contributed by atoms with Crippen LogP contribution in [-0.2, 0) is 10.0 Å². The molecule has 24 heavy (non-hydrogen) atoms. The van der Waals surface area contributed by atoms with Gasteiger partial charge in [0.1, 0.15) is 5.75 Å². The summed E-state index contributed by atoms with van der Waals surface area (Å²) in [5.41, 5.74) is 0.805. The minimum absolute atomic E-state index is 0.0974. The summed E-state index contributed by atoms with van der Waals surface area (Å²) in [6, 6.07) is 7.45. The zero-order chi connectivity index (χ0) is 17.2. The molecule has 0 unspecified atom stereocenters. The molecule has 7 nitrogen and oxygen atoms in total. The van der Waals surface area contributed by atoms with Crippen LogP contribution in [0.5, 0.6) is 5.75 Å². The quantitative estimate of drug-likeness (QED) is 0.821. The molecule has 1 aromatic carbocycles. The summed E-state index contributed by atoms with van der Waals surface area (Å²) in [7, 11) is -1.51. The molecular formula is C16H21N3O4S. The Balaban J connectivity index is 1.71. The minimum atomic E-state index is -3.12. The fraction of sp³-hybridized carbons (Fsp3) is 0.500. The molecule has 3 rings (SSSR count). The zero-order valence-electron chi connectivity index (χ0n) is 13.8. The smallest absolute Gasteiger partial charge is 0.247 e. The van der Waals surface area contributed by atoms with E-state index in [4.69, 9.17) is 9.15 Å². The van der Waals surface area contributed by atoms with Crippen LogP contribution in [0.25, 0.3) is 11.5 Å². The average Bonchev–Trinajstić information content (AvgIpc) is 3.12. The number of hydrogen-bond acceptors (Lipinski definition) is 6. The summed E-state index contributed by atoms with van der Waals surface area (Å²) in [4.78, 5) is 0. The van der Waals surface area contributed by atoms with Crippen LogP contribution in [0.15, 0.2) is 28.7 Å². The van der Waals surface area contributed by atoms with Gasteiger partial charge in [-0.25, -0.2) is 12.7 Å². The first-order valence-corrected chi connectivity index (χ1v) is 9.60. The van der Waals surface area contributed by atoms with E-state index in [2.05, 4.69) is 10.2 Å². The average molecular weight is 351 g/mol. The predicted molar refractivity (Wildman–Crippen MR) is 89.3 cm³/mol. The summed E-state index contributed by atoms with van der Waals surface area (Å²) >= 11 is 0. The Bertz CT molecular complexity index is 795. The number of methoxy groups -OCH3 is 1. The van der Waals surface area contributed by atoms with Gasteiger partial charge in [0.25, 0.3) is 0 Å². The second kappa shape index (κ2) is 6.90. The highest BCUT2D eigenvalue weighted by atomic mass is 32.2. The van der Waals surface area contributed by atoms with E-state index in [1.54, 1.807) is 18.3 Å². The Hall–Kier alpha value is -1.93. The van der Waals surface area contributed by atoms with Gasteiger partial charge in [0.2, 0.25) is 21.8 Å². The maximum absolute atomic E-state index is 11.9. The third kappa shape index (κ3) is 3.44. The number of piperidine rings is 1.